The van der Waals surface area contributed by atoms with E-state index in [9.17, 15) is 4.79 Å². The van der Waals surface area contributed by atoms with E-state index in [1.807, 2.05) is 12.1 Å². The zero-order chi connectivity index (χ0) is 22.6. The molecule has 1 aromatic carbocycles. The molecule has 0 saturated carbocycles. The molecule has 3 heteroatoms. The molecule has 0 atom stereocenters. The monoisotopic (exact) mass is 429 g/mol. The summed E-state index contributed by atoms with van der Waals surface area (Å²) in [5.74, 6) is -0.0741. The van der Waals surface area contributed by atoms with Crippen molar-refractivity contribution in [3.8, 4) is 0 Å². The quantitative estimate of drug-likeness (QED) is 0.127. The van der Waals surface area contributed by atoms with Crippen LogP contribution in [0.5, 0.6) is 0 Å². The van der Waals surface area contributed by atoms with Crippen LogP contribution < -0.4 is 0 Å². The van der Waals surface area contributed by atoms with Gasteiger partial charge in [0.1, 0.15) is 6.61 Å². The third kappa shape index (κ3) is 16.7. The van der Waals surface area contributed by atoms with Crippen molar-refractivity contribution in [2.75, 3.05) is 14.1 Å². The highest BCUT2D eigenvalue weighted by atomic mass is 16.5. The first-order valence-corrected chi connectivity index (χ1v) is 12.6. The molecule has 0 aromatic heterocycles. The molecule has 0 radical (unpaired) electrons. The van der Waals surface area contributed by atoms with Crippen molar-refractivity contribution in [3.05, 3.63) is 47.5 Å². The molecule has 0 saturated heterocycles. The second-order valence-electron chi connectivity index (χ2n) is 9.05. The molecule has 0 aliphatic heterocycles. The van der Waals surface area contributed by atoms with E-state index in [2.05, 4.69) is 50.2 Å². The molecule has 0 fully saturated rings. The van der Waals surface area contributed by atoms with Crippen LogP contribution >= 0.6 is 0 Å². The van der Waals surface area contributed by atoms with E-state index in [1.54, 1.807) is 0 Å². The zero-order valence-electron chi connectivity index (χ0n) is 20.5. The maximum Gasteiger partial charge on any atom is 0.306 e. The first-order valence-electron chi connectivity index (χ1n) is 12.6. The zero-order valence-corrected chi connectivity index (χ0v) is 20.5. The molecule has 0 N–H and O–H groups in total. The SMILES string of the molecule is CCCCCCCC/C=C\CCCCCCCC(=O)OCc1ccc(CN(C)C)cc1. The Morgan fingerprint density at radius 2 is 1.29 bits per heavy atom. The van der Waals surface area contributed by atoms with Gasteiger partial charge in [-0.2, -0.15) is 0 Å². The minimum Gasteiger partial charge on any atom is -0.461 e. The first kappa shape index (κ1) is 27.4. The number of rotatable bonds is 19. The molecule has 0 spiro atoms. The van der Waals surface area contributed by atoms with Crippen LogP contribution in [0.1, 0.15) is 108 Å². The Bertz CT molecular complexity index is 577. The molecule has 1 aromatic rings. The Labute approximate surface area is 192 Å². The number of carbonyl (C=O) groups is 1. The van der Waals surface area contributed by atoms with Crippen LogP contribution in [0.25, 0.3) is 0 Å². The highest BCUT2D eigenvalue weighted by Gasteiger charge is 2.04. The van der Waals surface area contributed by atoms with Crippen molar-refractivity contribution in [3.63, 3.8) is 0 Å². The summed E-state index contributed by atoms with van der Waals surface area (Å²) in [6.07, 6.45) is 21.8. The van der Waals surface area contributed by atoms with Gasteiger partial charge in [0.2, 0.25) is 0 Å². The van der Waals surface area contributed by atoms with Crippen molar-refractivity contribution < 1.29 is 9.53 Å². The lowest BCUT2D eigenvalue weighted by atomic mass is 10.1. The van der Waals surface area contributed by atoms with Crippen molar-refractivity contribution >= 4 is 5.97 Å². The fraction of sp³-hybridized carbons (Fsp3) is 0.679. The summed E-state index contributed by atoms with van der Waals surface area (Å²) in [4.78, 5) is 14.1. The number of benzene rings is 1. The predicted molar refractivity (Wildman–Crippen MR) is 133 cm³/mol. The molecular weight excluding hydrogens is 382 g/mol. The van der Waals surface area contributed by atoms with Crippen LogP contribution in [0, 0.1) is 0 Å². The summed E-state index contributed by atoms with van der Waals surface area (Å²) in [6, 6.07) is 8.31. The summed E-state index contributed by atoms with van der Waals surface area (Å²) in [5.41, 5.74) is 2.33. The molecule has 1 rings (SSSR count). The second kappa shape index (κ2) is 19.1. The Kier molecular flexibility index (Phi) is 16.9. The minimum atomic E-state index is -0.0741. The number of allylic oxidation sites excluding steroid dienone is 2. The molecule has 0 aliphatic carbocycles. The molecule has 3 nitrogen and oxygen atoms in total. The topological polar surface area (TPSA) is 29.5 Å². The summed E-state index contributed by atoms with van der Waals surface area (Å²) in [5, 5.41) is 0. The largest absolute Gasteiger partial charge is 0.461 e. The molecule has 0 bridgehead atoms. The van der Waals surface area contributed by atoms with Crippen LogP contribution in [0.15, 0.2) is 36.4 Å². The fourth-order valence-electron chi connectivity index (χ4n) is 3.68. The normalized spacial score (nSPS) is 11.5. The van der Waals surface area contributed by atoms with Gasteiger partial charge in [0, 0.05) is 13.0 Å². The van der Waals surface area contributed by atoms with Crippen molar-refractivity contribution in [1.29, 1.82) is 0 Å². The number of unbranched alkanes of at least 4 members (excludes halogenated alkanes) is 11. The fourth-order valence-corrected chi connectivity index (χ4v) is 3.68. The average molecular weight is 430 g/mol. The van der Waals surface area contributed by atoms with E-state index in [0.717, 1.165) is 24.9 Å². The summed E-state index contributed by atoms with van der Waals surface area (Å²) in [7, 11) is 4.12. The van der Waals surface area contributed by atoms with E-state index in [4.69, 9.17) is 4.74 Å². The van der Waals surface area contributed by atoms with Gasteiger partial charge in [-0.3, -0.25) is 4.79 Å². The lowest BCUT2D eigenvalue weighted by molar-refractivity contribution is -0.145. The maximum absolute atomic E-state index is 11.9. The number of nitrogens with zero attached hydrogens (tertiary/aromatic N) is 1. The lowest BCUT2D eigenvalue weighted by Gasteiger charge is -2.10. The van der Waals surface area contributed by atoms with Crippen LogP contribution in [-0.2, 0) is 22.7 Å². The van der Waals surface area contributed by atoms with E-state index in [-0.39, 0.29) is 5.97 Å². The van der Waals surface area contributed by atoms with Crippen LogP contribution in [0.4, 0.5) is 0 Å². The third-order valence-corrected chi connectivity index (χ3v) is 5.56. The van der Waals surface area contributed by atoms with Gasteiger partial charge in [0.15, 0.2) is 0 Å². The molecule has 176 valence electrons. The van der Waals surface area contributed by atoms with E-state index in [1.165, 1.54) is 76.2 Å². The Morgan fingerprint density at radius 1 is 0.774 bits per heavy atom. The Balaban J connectivity index is 1.91. The molecular formula is C28H47NO2. The van der Waals surface area contributed by atoms with E-state index >= 15 is 0 Å². The van der Waals surface area contributed by atoms with Gasteiger partial charge in [-0.15, -0.1) is 0 Å². The van der Waals surface area contributed by atoms with Crippen LogP contribution in [0.2, 0.25) is 0 Å². The van der Waals surface area contributed by atoms with Gasteiger partial charge in [-0.05, 0) is 57.3 Å². The predicted octanol–water partition coefficient (Wildman–Crippen LogP) is 7.83. The summed E-state index contributed by atoms with van der Waals surface area (Å²) in [6.45, 7) is 3.58. The standard InChI is InChI=1S/C28H47NO2/c1-4-5-6-7-8-9-10-11-12-13-14-15-16-17-18-19-28(30)31-25-27-22-20-26(21-23-27)24-29(2)3/h11-12,20-23H,4-10,13-19,24-25H2,1-3H3/b12-11-. The molecule has 0 amide bonds. The van der Waals surface area contributed by atoms with Gasteiger partial charge in [-0.25, -0.2) is 0 Å². The number of hydrogen-bond donors (Lipinski definition) is 0. The number of hydrogen-bond acceptors (Lipinski definition) is 3. The molecule has 31 heavy (non-hydrogen) atoms. The number of esters is 1. The average Bonchev–Trinajstić information content (AvgIpc) is 2.75. The van der Waals surface area contributed by atoms with Gasteiger partial charge >= 0.3 is 5.97 Å². The first-order chi connectivity index (χ1) is 15.1. The number of ether oxygens (including phenoxy) is 1. The molecule has 0 unspecified atom stereocenters. The molecule has 0 heterocycles. The van der Waals surface area contributed by atoms with Crippen molar-refractivity contribution in [1.82, 2.24) is 4.90 Å². The van der Waals surface area contributed by atoms with Gasteiger partial charge in [-0.1, -0.05) is 94.7 Å². The van der Waals surface area contributed by atoms with Crippen LogP contribution in [0.3, 0.4) is 0 Å². The summed E-state index contributed by atoms with van der Waals surface area (Å²) < 4.78 is 5.41. The Hall–Kier alpha value is -1.61. The maximum atomic E-state index is 11.9. The van der Waals surface area contributed by atoms with Crippen molar-refractivity contribution in [2.24, 2.45) is 0 Å². The molecule has 0 aliphatic rings. The Morgan fingerprint density at radius 3 is 1.87 bits per heavy atom. The van der Waals surface area contributed by atoms with Crippen LogP contribution in [-0.4, -0.2) is 25.0 Å². The van der Waals surface area contributed by atoms with E-state index < -0.39 is 0 Å². The van der Waals surface area contributed by atoms with Crippen molar-refractivity contribution in [2.45, 2.75) is 110 Å². The second-order valence-corrected chi connectivity index (χ2v) is 9.05. The highest BCUT2D eigenvalue weighted by molar-refractivity contribution is 5.69. The van der Waals surface area contributed by atoms with Gasteiger partial charge in [0.25, 0.3) is 0 Å². The smallest absolute Gasteiger partial charge is 0.306 e. The lowest BCUT2D eigenvalue weighted by Crippen LogP contribution is -2.10. The number of carbonyl (C=O) groups excluding carboxylic acids is 1. The third-order valence-electron chi connectivity index (χ3n) is 5.56. The highest BCUT2D eigenvalue weighted by Crippen LogP contribution is 2.11. The van der Waals surface area contributed by atoms with Gasteiger partial charge in [0.05, 0.1) is 0 Å². The van der Waals surface area contributed by atoms with Gasteiger partial charge < -0.3 is 9.64 Å². The van der Waals surface area contributed by atoms with E-state index in [0.29, 0.717) is 13.0 Å². The minimum absolute atomic E-state index is 0.0741. The summed E-state index contributed by atoms with van der Waals surface area (Å²) >= 11 is 0.